The molecular formula is C20H21N3O3. The number of carbonyl (C=O) groups excluding carboxylic acids is 1. The zero-order chi connectivity index (χ0) is 18.1. The minimum absolute atomic E-state index is 0.0353. The maximum atomic E-state index is 12.9. The number of nitrogens with zero attached hydrogens (tertiary/aromatic N) is 2. The van der Waals surface area contributed by atoms with E-state index in [1.807, 2.05) is 48.0 Å². The third-order valence-electron chi connectivity index (χ3n) is 4.74. The Bertz CT molecular complexity index is 911. The van der Waals surface area contributed by atoms with Crippen molar-refractivity contribution in [1.82, 2.24) is 9.78 Å². The van der Waals surface area contributed by atoms with Gasteiger partial charge in [0.2, 0.25) is 0 Å². The van der Waals surface area contributed by atoms with Crippen molar-refractivity contribution in [1.29, 1.82) is 0 Å². The Labute approximate surface area is 151 Å². The van der Waals surface area contributed by atoms with Crippen molar-refractivity contribution in [3.05, 3.63) is 59.7 Å². The quantitative estimate of drug-likeness (QED) is 0.757. The Morgan fingerprint density at radius 2 is 2.08 bits per heavy atom. The van der Waals surface area contributed by atoms with Crippen LogP contribution < -0.4 is 10.1 Å². The number of ether oxygens (including phenoxy) is 1. The first-order chi connectivity index (χ1) is 12.7. The van der Waals surface area contributed by atoms with Gasteiger partial charge in [0, 0.05) is 25.3 Å². The molecule has 0 radical (unpaired) electrons. The second-order valence-corrected chi connectivity index (χ2v) is 6.35. The second kappa shape index (κ2) is 6.71. The summed E-state index contributed by atoms with van der Waals surface area (Å²) in [5, 5.41) is 7.91. The van der Waals surface area contributed by atoms with Crippen LogP contribution in [0.5, 0.6) is 5.75 Å². The smallest absolute Gasteiger partial charge is 0.169 e. The van der Waals surface area contributed by atoms with Gasteiger partial charge in [0.1, 0.15) is 11.5 Å². The summed E-state index contributed by atoms with van der Waals surface area (Å²) in [7, 11) is 1.64. The number of nitrogens with one attached hydrogen (secondary N) is 1. The fourth-order valence-corrected chi connectivity index (χ4v) is 3.52. The van der Waals surface area contributed by atoms with Gasteiger partial charge in [-0.3, -0.25) is 4.79 Å². The van der Waals surface area contributed by atoms with E-state index in [4.69, 9.17) is 9.15 Å². The average Bonchev–Trinajstić information content (AvgIpc) is 3.31. The predicted molar refractivity (Wildman–Crippen MR) is 98.4 cm³/mol. The van der Waals surface area contributed by atoms with Crippen molar-refractivity contribution in [2.75, 3.05) is 19.0 Å². The molecule has 6 nitrogen and oxygen atoms in total. The van der Waals surface area contributed by atoms with Gasteiger partial charge in [0.25, 0.3) is 0 Å². The van der Waals surface area contributed by atoms with E-state index in [-0.39, 0.29) is 11.7 Å². The molecule has 1 atom stereocenters. The second-order valence-electron chi connectivity index (χ2n) is 6.35. The topological polar surface area (TPSA) is 69.3 Å². The lowest BCUT2D eigenvalue weighted by atomic mass is 9.85. The first kappa shape index (κ1) is 16.4. The number of hydrogen-bond donors (Lipinski definition) is 1. The van der Waals surface area contributed by atoms with Crippen LogP contribution in [0.3, 0.4) is 0 Å². The highest BCUT2D eigenvalue weighted by molar-refractivity contribution is 6.03. The van der Waals surface area contributed by atoms with Crippen LogP contribution in [0, 0.1) is 0 Å². The molecule has 4 rings (SSSR count). The number of benzene rings is 1. The molecule has 6 heteroatoms. The van der Waals surface area contributed by atoms with Crippen LogP contribution in [0.2, 0.25) is 0 Å². The molecule has 0 saturated heterocycles. The number of methoxy groups -OCH3 is 1. The Hall–Kier alpha value is -3.02. The normalized spacial score (nSPS) is 16.4. The third-order valence-corrected chi connectivity index (χ3v) is 4.74. The Morgan fingerprint density at radius 3 is 2.73 bits per heavy atom. The Kier molecular flexibility index (Phi) is 4.24. The number of ketones is 1. The van der Waals surface area contributed by atoms with Crippen molar-refractivity contribution in [3.63, 3.8) is 0 Å². The summed E-state index contributed by atoms with van der Waals surface area (Å²) in [4.78, 5) is 12.9. The summed E-state index contributed by atoms with van der Waals surface area (Å²) in [6.45, 7) is 2.71. The molecule has 1 aromatic carbocycles. The first-order valence-corrected chi connectivity index (χ1v) is 8.78. The highest BCUT2D eigenvalue weighted by Gasteiger charge is 2.34. The lowest BCUT2D eigenvalue weighted by molar-refractivity contribution is 0.0960. The first-order valence-electron chi connectivity index (χ1n) is 8.78. The molecule has 0 unspecified atom stereocenters. The van der Waals surface area contributed by atoms with Crippen LogP contribution in [0.1, 0.15) is 41.1 Å². The molecule has 3 aromatic rings. The molecule has 0 fully saturated rings. The molecule has 2 heterocycles. The molecule has 1 aliphatic rings. The van der Waals surface area contributed by atoms with E-state index in [1.54, 1.807) is 13.4 Å². The Morgan fingerprint density at radius 1 is 1.27 bits per heavy atom. The zero-order valence-electron chi connectivity index (χ0n) is 14.9. The maximum absolute atomic E-state index is 12.9. The van der Waals surface area contributed by atoms with Gasteiger partial charge in [-0.1, -0.05) is 0 Å². The van der Waals surface area contributed by atoms with Crippen LogP contribution in [-0.4, -0.2) is 29.2 Å². The number of carbonyl (C=O) groups is 1. The number of Topliss-reactive ketones (excluding diaryl/α,β-unsaturated/α-hetero) is 1. The standard InChI is InChI=1S/C20H21N3O3/c1-3-21-20-19-16(11-13(12-17(19)24)18-5-4-10-26-18)23(22-20)14-6-8-15(25-2)9-7-14/h4-10,13H,3,11-12H2,1-2H3,(H,21,22)/t13-/m0/s1. The van der Waals surface area contributed by atoms with E-state index in [0.717, 1.165) is 22.9 Å². The van der Waals surface area contributed by atoms with Gasteiger partial charge < -0.3 is 14.5 Å². The number of fused-ring (bicyclic) bond motifs is 1. The molecule has 26 heavy (non-hydrogen) atoms. The Balaban J connectivity index is 1.80. The van der Waals surface area contributed by atoms with Crippen LogP contribution in [0.25, 0.3) is 5.69 Å². The van der Waals surface area contributed by atoms with Gasteiger partial charge in [-0.05, 0) is 43.3 Å². The van der Waals surface area contributed by atoms with E-state index < -0.39 is 0 Å². The highest BCUT2D eigenvalue weighted by Crippen LogP contribution is 2.37. The maximum Gasteiger partial charge on any atom is 0.169 e. The summed E-state index contributed by atoms with van der Waals surface area (Å²) >= 11 is 0. The predicted octanol–water partition coefficient (Wildman–Crippen LogP) is 3.82. The van der Waals surface area contributed by atoms with Gasteiger partial charge in [0.05, 0.1) is 30.3 Å². The third kappa shape index (κ3) is 2.77. The van der Waals surface area contributed by atoms with Crippen molar-refractivity contribution in [3.8, 4) is 11.4 Å². The van der Waals surface area contributed by atoms with Crippen LogP contribution in [-0.2, 0) is 6.42 Å². The monoisotopic (exact) mass is 351 g/mol. The highest BCUT2D eigenvalue weighted by atomic mass is 16.5. The SMILES string of the molecule is CCNc1nn(-c2ccc(OC)cc2)c2c1C(=O)C[C@@H](c1ccco1)C2. The molecule has 0 amide bonds. The summed E-state index contributed by atoms with van der Waals surface area (Å²) in [6.07, 6.45) is 2.80. The van der Waals surface area contributed by atoms with E-state index in [1.165, 1.54) is 0 Å². The van der Waals surface area contributed by atoms with Crippen molar-refractivity contribution >= 4 is 11.6 Å². The van der Waals surface area contributed by atoms with Crippen molar-refractivity contribution < 1.29 is 13.9 Å². The van der Waals surface area contributed by atoms with Crippen LogP contribution in [0.4, 0.5) is 5.82 Å². The number of furan rings is 1. The molecular weight excluding hydrogens is 330 g/mol. The van der Waals surface area contributed by atoms with Crippen molar-refractivity contribution in [2.24, 2.45) is 0 Å². The number of hydrogen-bond acceptors (Lipinski definition) is 5. The molecule has 1 N–H and O–H groups in total. The van der Waals surface area contributed by atoms with Crippen LogP contribution in [0.15, 0.2) is 47.1 Å². The van der Waals surface area contributed by atoms with Gasteiger partial charge in [-0.25, -0.2) is 4.68 Å². The average molecular weight is 351 g/mol. The molecule has 134 valence electrons. The minimum Gasteiger partial charge on any atom is -0.497 e. The lowest BCUT2D eigenvalue weighted by Crippen LogP contribution is -2.20. The number of anilines is 1. The van der Waals surface area contributed by atoms with Gasteiger partial charge in [0.15, 0.2) is 11.6 Å². The number of rotatable bonds is 5. The van der Waals surface area contributed by atoms with E-state index in [2.05, 4.69) is 10.4 Å². The van der Waals surface area contributed by atoms with Gasteiger partial charge in [-0.15, -0.1) is 5.10 Å². The van der Waals surface area contributed by atoms with Gasteiger partial charge >= 0.3 is 0 Å². The summed E-state index contributed by atoms with van der Waals surface area (Å²) < 4.78 is 12.6. The van der Waals surface area contributed by atoms with E-state index >= 15 is 0 Å². The fraction of sp³-hybridized carbons (Fsp3) is 0.300. The minimum atomic E-state index is 0.0353. The number of aromatic nitrogens is 2. The molecule has 1 aliphatic carbocycles. The molecule has 2 aromatic heterocycles. The van der Waals surface area contributed by atoms with Gasteiger partial charge in [-0.2, -0.15) is 0 Å². The van der Waals surface area contributed by atoms with E-state index in [0.29, 0.717) is 30.8 Å². The molecule has 0 bridgehead atoms. The largest absolute Gasteiger partial charge is 0.497 e. The zero-order valence-corrected chi connectivity index (χ0v) is 14.9. The molecule has 0 saturated carbocycles. The summed E-state index contributed by atoms with van der Waals surface area (Å²) in [6, 6.07) is 11.5. The van der Waals surface area contributed by atoms with Crippen LogP contribution >= 0.6 is 0 Å². The van der Waals surface area contributed by atoms with Crippen molar-refractivity contribution in [2.45, 2.75) is 25.7 Å². The summed E-state index contributed by atoms with van der Waals surface area (Å²) in [5.74, 6) is 2.42. The molecule has 0 spiro atoms. The van der Waals surface area contributed by atoms with E-state index in [9.17, 15) is 4.79 Å². The molecule has 0 aliphatic heterocycles. The lowest BCUT2D eigenvalue weighted by Gasteiger charge is -2.21. The summed E-state index contributed by atoms with van der Waals surface area (Å²) in [5.41, 5.74) is 2.52. The fourth-order valence-electron chi connectivity index (χ4n) is 3.52.